The molecule has 6 nitrogen and oxygen atoms in total. The van der Waals surface area contributed by atoms with E-state index in [1.807, 2.05) is 31.0 Å². The summed E-state index contributed by atoms with van der Waals surface area (Å²) in [5.41, 5.74) is 2.52. The van der Waals surface area contributed by atoms with Crippen LogP contribution in [0.2, 0.25) is 0 Å². The average Bonchev–Trinajstić information content (AvgIpc) is 3.20. The second-order valence-electron chi connectivity index (χ2n) is 6.51. The number of aromatic amines is 1. The molecular formula is C20H19F3N4O2S. The maximum absolute atomic E-state index is 12.8. The fourth-order valence-electron chi connectivity index (χ4n) is 2.66. The summed E-state index contributed by atoms with van der Waals surface area (Å²) >= 11 is -1.60. The number of aryl methyl sites for hydroxylation is 2. The van der Waals surface area contributed by atoms with Gasteiger partial charge in [0.25, 0.3) is 5.91 Å². The molecule has 2 aromatic carbocycles. The van der Waals surface area contributed by atoms with Crippen LogP contribution in [0.15, 0.2) is 53.6 Å². The van der Waals surface area contributed by atoms with Crippen LogP contribution in [-0.4, -0.2) is 20.4 Å². The SMILES string of the molecule is CCc1ccc(NC(=O)c2cnc(C(F)(F)F)[nH]2)cc1[S+]([O-])Nc1ccc(C)cc1. The molecular weight excluding hydrogens is 417 g/mol. The summed E-state index contributed by atoms with van der Waals surface area (Å²) in [4.78, 5) is 17.9. The van der Waals surface area contributed by atoms with Gasteiger partial charge in [-0.2, -0.15) is 13.2 Å². The first-order valence-corrected chi connectivity index (χ1v) is 10.1. The van der Waals surface area contributed by atoms with Crippen molar-refractivity contribution in [2.24, 2.45) is 0 Å². The highest BCUT2D eigenvalue weighted by Gasteiger charge is 2.35. The summed E-state index contributed by atoms with van der Waals surface area (Å²) < 4.78 is 53.7. The van der Waals surface area contributed by atoms with Crippen LogP contribution in [0.1, 0.15) is 34.4 Å². The van der Waals surface area contributed by atoms with Crippen LogP contribution >= 0.6 is 0 Å². The Bertz CT molecular complexity index is 1040. The lowest BCUT2D eigenvalue weighted by Gasteiger charge is -2.15. The topological polar surface area (TPSA) is 92.9 Å². The van der Waals surface area contributed by atoms with Gasteiger partial charge in [-0.05, 0) is 31.5 Å². The van der Waals surface area contributed by atoms with E-state index in [2.05, 4.69) is 15.0 Å². The van der Waals surface area contributed by atoms with Crippen LogP contribution in [0.4, 0.5) is 24.5 Å². The molecule has 0 aliphatic carbocycles. The Morgan fingerprint density at radius 1 is 1.17 bits per heavy atom. The fourth-order valence-corrected chi connectivity index (χ4v) is 3.80. The summed E-state index contributed by atoms with van der Waals surface area (Å²) in [6.45, 7) is 3.85. The van der Waals surface area contributed by atoms with Gasteiger partial charge in [-0.15, -0.1) is 0 Å². The van der Waals surface area contributed by atoms with Gasteiger partial charge in [0.05, 0.1) is 11.9 Å². The molecule has 0 aliphatic rings. The highest BCUT2D eigenvalue weighted by molar-refractivity contribution is 7.92. The normalized spacial score (nSPS) is 12.5. The third kappa shape index (κ3) is 5.14. The quantitative estimate of drug-likeness (QED) is 0.489. The molecule has 0 saturated carbocycles. The predicted molar refractivity (Wildman–Crippen MR) is 109 cm³/mol. The first-order chi connectivity index (χ1) is 14.2. The molecule has 1 atom stereocenters. The number of hydrogen-bond donors (Lipinski definition) is 3. The Morgan fingerprint density at radius 2 is 1.83 bits per heavy atom. The van der Waals surface area contributed by atoms with E-state index in [-0.39, 0.29) is 5.69 Å². The maximum Gasteiger partial charge on any atom is 0.449 e. The zero-order valence-corrected chi connectivity index (χ0v) is 16.9. The molecule has 3 rings (SSSR count). The molecule has 0 radical (unpaired) electrons. The first-order valence-electron chi connectivity index (χ1n) is 8.99. The van der Waals surface area contributed by atoms with Crippen molar-refractivity contribution in [1.29, 1.82) is 0 Å². The van der Waals surface area contributed by atoms with E-state index in [4.69, 9.17) is 0 Å². The molecule has 3 N–H and O–H groups in total. The lowest BCUT2D eigenvalue weighted by molar-refractivity contribution is -0.144. The number of benzene rings is 2. The van der Waals surface area contributed by atoms with Gasteiger partial charge in [0, 0.05) is 17.3 Å². The number of H-pyrrole nitrogens is 1. The second-order valence-corrected chi connectivity index (χ2v) is 7.69. The molecule has 158 valence electrons. The number of rotatable bonds is 6. The monoisotopic (exact) mass is 436 g/mol. The van der Waals surface area contributed by atoms with Crippen molar-refractivity contribution in [1.82, 2.24) is 9.97 Å². The van der Waals surface area contributed by atoms with Crippen LogP contribution in [0.25, 0.3) is 0 Å². The van der Waals surface area contributed by atoms with E-state index in [0.29, 0.717) is 22.7 Å². The molecule has 30 heavy (non-hydrogen) atoms. The van der Waals surface area contributed by atoms with E-state index in [1.54, 1.807) is 24.3 Å². The number of carbonyl (C=O) groups is 1. The molecule has 1 amide bonds. The number of anilines is 2. The van der Waals surface area contributed by atoms with Gasteiger partial charge < -0.3 is 14.9 Å². The molecule has 0 fully saturated rings. The number of nitrogens with zero attached hydrogens (tertiary/aromatic N) is 1. The lowest BCUT2D eigenvalue weighted by Crippen LogP contribution is -2.17. The number of aromatic nitrogens is 2. The standard InChI is InChI=1S/C20H19F3N4O2S/c1-3-13-6-9-15(25-18(28)16-11-24-19(26-16)20(21,22)23)10-17(13)30(29)27-14-7-4-12(2)5-8-14/h4-11,27H,3H2,1-2H3,(H,24,26)(H,25,28). The third-order valence-electron chi connectivity index (χ3n) is 4.26. The molecule has 3 aromatic rings. The molecule has 10 heteroatoms. The highest BCUT2D eigenvalue weighted by atomic mass is 32.2. The molecule has 1 heterocycles. The molecule has 0 aliphatic heterocycles. The van der Waals surface area contributed by atoms with Crippen molar-refractivity contribution in [3.63, 3.8) is 0 Å². The van der Waals surface area contributed by atoms with Crippen LogP contribution in [0.5, 0.6) is 0 Å². The van der Waals surface area contributed by atoms with E-state index in [1.165, 1.54) is 6.07 Å². The minimum atomic E-state index is -4.67. The fraction of sp³-hybridized carbons (Fsp3) is 0.200. The van der Waals surface area contributed by atoms with E-state index >= 15 is 0 Å². The van der Waals surface area contributed by atoms with Crippen LogP contribution in [0.3, 0.4) is 0 Å². The van der Waals surface area contributed by atoms with Gasteiger partial charge in [0.1, 0.15) is 17.1 Å². The lowest BCUT2D eigenvalue weighted by atomic mass is 10.1. The second kappa shape index (κ2) is 8.80. The first kappa shape index (κ1) is 21.7. The number of alkyl halides is 3. The van der Waals surface area contributed by atoms with Gasteiger partial charge in [-0.25, -0.2) is 9.71 Å². The third-order valence-corrected chi connectivity index (χ3v) is 5.46. The van der Waals surface area contributed by atoms with Crippen molar-refractivity contribution in [3.8, 4) is 0 Å². The molecule has 1 aromatic heterocycles. The minimum absolute atomic E-state index is 0.300. The summed E-state index contributed by atoms with van der Waals surface area (Å²) in [5.74, 6) is -2.04. The zero-order valence-electron chi connectivity index (χ0n) is 16.1. The van der Waals surface area contributed by atoms with Gasteiger partial charge in [0.2, 0.25) is 5.82 Å². The Kier molecular flexibility index (Phi) is 6.37. The van der Waals surface area contributed by atoms with Crippen molar-refractivity contribution in [2.75, 3.05) is 10.0 Å². The Hall–Kier alpha value is -2.98. The van der Waals surface area contributed by atoms with E-state index < -0.39 is 29.3 Å². The van der Waals surface area contributed by atoms with Crippen molar-refractivity contribution >= 4 is 28.6 Å². The summed E-state index contributed by atoms with van der Waals surface area (Å²) in [6, 6.07) is 12.2. The number of amides is 1. The number of halogens is 3. The van der Waals surface area contributed by atoms with Gasteiger partial charge in [0.15, 0.2) is 4.90 Å². The van der Waals surface area contributed by atoms with Crippen molar-refractivity contribution in [2.45, 2.75) is 31.3 Å². The number of carbonyl (C=O) groups excluding carboxylic acids is 1. The van der Waals surface area contributed by atoms with Gasteiger partial charge in [-0.3, -0.25) is 4.79 Å². The number of nitrogens with one attached hydrogen (secondary N) is 3. The molecule has 0 saturated heterocycles. The maximum atomic E-state index is 12.8. The number of hydrogen-bond acceptors (Lipinski definition) is 4. The van der Waals surface area contributed by atoms with E-state index in [9.17, 15) is 22.5 Å². The van der Waals surface area contributed by atoms with Crippen LogP contribution in [-0.2, 0) is 24.0 Å². The summed E-state index contributed by atoms with van der Waals surface area (Å²) in [5, 5.41) is 2.50. The van der Waals surface area contributed by atoms with Crippen molar-refractivity contribution in [3.05, 3.63) is 71.3 Å². The number of imidazole rings is 1. The smallest absolute Gasteiger partial charge is 0.449 e. The highest BCUT2D eigenvalue weighted by Crippen LogP contribution is 2.27. The predicted octanol–water partition coefficient (Wildman–Crippen LogP) is 4.69. The van der Waals surface area contributed by atoms with Crippen LogP contribution < -0.4 is 10.0 Å². The minimum Gasteiger partial charge on any atom is -0.588 e. The largest absolute Gasteiger partial charge is 0.588 e. The Labute approximate surface area is 174 Å². The molecule has 0 spiro atoms. The Balaban J connectivity index is 1.78. The Morgan fingerprint density at radius 3 is 2.43 bits per heavy atom. The molecule has 1 unspecified atom stereocenters. The average molecular weight is 436 g/mol. The summed E-state index contributed by atoms with van der Waals surface area (Å²) in [6.07, 6.45) is -3.25. The van der Waals surface area contributed by atoms with Crippen molar-refractivity contribution < 1.29 is 22.5 Å². The molecule has 0 bridgehead atoms. The van der Waals surface area contributed by atoms with Gasteiger partial charge >= 0.3 is 6.18 Å². The van der Waals surface area contributed by atoms with Gasteiger partial charge in [-0.1, -0.05) is 30.7 Å². The van der Waals surface area contributed by atoms with Crippen LogP contribution in [0, 0.1) is 6.92 Å². The van der Waals surface area contributed by atoms with E-state index in [0.717, 1.165) is 17.3 Å². The zero-order chi connectivity index (χ0) is 21.9. The summed E-state index contributed by atoms with van der Waals surface area (Å²) in [7, 11) is 0.